The maximum absolute atomic E-state index is 5.74. The second-order valence-corrected chi connectivity index (χ2v) is 4.45. The van der Waals surface area contributed by atoms with Crippen LogP contribution in [0.1, 0.15) is 12.8 Å². The Hall–Kier alpha value is -1.88. The van der Waals surface area contributed by atoms with Crippen molar-refractivity contribution in [1.29, 1.82) is 0 Å². The molecule has 1 aliphatic carbocycles. The smallest absolute Gasteiger partial charge is 0.137 e. The summed E-state index contributed by atoms with van der Waals surface area (Å²) < 4.78 is 1.88. The van der Waals surface area contributed by atoms with Crippen LogP contribution in [0.3, 0.4) is 0 Å². The summed E-state index contributed by atoms with van der Waals surface area (Å²) in [6, 6.07) is 4.88. The lowest BCUT2D eigenvalue weighted by molar-refractivity contribution is 0.373. The molecule has 2 aromatic rings. The van der Waals surface area contributed by atoms with Crippen LogP contribution in [-0.4, -0.2) is 26.6 Å². The van der Waals surface area contributed by atoms with Gasteiger partial charge in [-0.15, -0.1) is 0 Å². The largest absolute Gasteiger partial charge is 0.381 e. The van der Waals surface area contributed by atoms with Gasteiger partial charge in [-0.25, -0.2) is 9.97 Å². The van der Waals surface area contributed by atoms with Crippen molar-refractivity contribution in [3.63, 3.8) is 0 Å². The van der Waals surface area contributed by atoms with Crippen LogP contribution in [0.25, 0.3) is 5.82 Å². The van der Waals surface area contributed by atoms with E-state index in [9.17, 15) is 0 Å². The first kappa shape index (κ1) is 10.3. The zero-order valence-electron chi connectivity index (χ0n) is 9.45. The zero-order valence-corrected chi connectivity index (χ0v) is 9.45. The second kappa shape index (κ2) is 4.18. The van der Waals surface area contributed by atoms with E-state index in [1.54, 1.807) is 12.5 Å². The third kappa shape index (κ3) is 2.14. The average Bonchev–Trinajstić information content (AvgIpc) is 2.81. The van der Waals surface area contributed by atoms with Gasteiger partial charge in [-0.3, -0.25) is 4.57 Å². The summed E-state index contributed by atoms with van der Waals surface area (Å²) in [6.07, 6.45) is 9.29. The molecule has 2 aromatic heterocycles. The number of hydrogen-bond acceptors (Lipinski definition) is 4. The molecule has 0 aromatic carbocycles. The number of pyridine rings is 1. The van der Waals surface area contributed by atoms with Crippen molar-refractivity contribution < 1.29 is 0 Å². The fourth-order valence-corrected chi connectivity index (χ4v) is 2.03. The third-order valence-electron chi connectivity index (χ3n) is 3.06. The van der Waals surface area contributed by atoms with Gasteiger partial charge in [-0.05, 0) is 25.0 Å². The molecule has 0 aliphatic heterocycles. The molecule has 0 atom stereocenters. The highest BCUT2D eigenvalue weighted by atomic mass is 15.1. The van der Waals surface area contributed by atoms with Crippen LogP contribution in [0.15, 0.2) is 37.1 Å². The summed E-state index contributed by atoms with van der Waals surface area (Å²) in [4.78, 5) is 8.37. The van der Waals surface area contributed by atoms with E-state index < -0.39 is 0 Å². The van der Waals surface area contributed by atoms with E-state index in [0.717, 1.165) is 24.3 Å². The highest BCUT2D eigenvalue weighted by Crippen LogP contribution is 2.22. The maximum atomic E-state index is 5.74. The summed E-state index contributed by atoms with van der Waals surface area (Å²) in [6.45, 7) is 0. The van der Waals surface area contributed by atoms with Gasteiger partial charge in [0, 0.05) is 24.5 Å². The quantitative estimate of drug-likeness (QED) is 0.829. The molecule has 0 bridgehead atoms. The first-order valence-corrected chi connectivity index (χ1v) is 5.78. The van der Waals surface area contributed by atoms with Gasteiger partial charge in [0.2, 0.25) is 0 Å². The fraction of sp³-hybridized carbons (Fsp3) is 0.333. The molecule has 1 aliphatic rings. The van der Waals surface area contributed by atoms with Crippen LogP contribution in [0.5, 0.6) is 0 Å². The predicted octanol–water partition coefficient (Wildman–Crippen LogP) is 1.17. The number of aromatic nitrogens is 3. The number of nitrogens with one attached hydrogen (secondary N) is 1. The van der Waals surface area contributed by atoms with Crippen molar-refractivity contribution in [2.75, 3.05) is 5.32 Å². The zero-order chi connectivity index (χ0) is 11.7. The number of imidazole rings is 1. The van der Waals surface area contributed by atoms with Gasteiger partial charge in [-0.2, -0.15) is 0 Å². The summed E-state index contributed by atoms with van der Waals surface area (Å²) in [5, 5.41) is 3.41. The standard InChI is InChI=1S/C12H15N5/c13-9-5-11(6-9)16-10-1-2-12(15-7-10)17-4-3-14-8-17/h1-4,7-9,11,16H,5-6,13H2. The summed E-state index contributed by atoms with van der Waals surface area (Å²) in [5.74, 6) is 0.873. The molecule has 2 heterocycles. The van der Waals surface area contributed by atoms with Gasteiger partial charge in [0.05, 0.1) is 11.9 Å². The van der Waals surface area contributed by atoms with Crippen molar-refractivity contribution >= 4 is 5.69 Å². The Morgan fingerprint density at radius 1 is 1.35 bits per heavy atom. The van der Waals surface area contributed by atoms with Gasteiger partial charge >= 0.3 is 0 Å². The molecule has 0 spiro atoms. The maximum Gasteiger partial charge on any atom is 0.137 e. The highest BCUT2D eigenvalue weighted by Gasteiger charge is 2.25. The predicted molar refractivity (Wildman–Crippen MR) is 66.0 cm³/mol. The van der Waals surface area contributed by atoms with Crippen LogP contribution >= 0.6 is 0 Å². The van der Waals surface area contributed by atoms with E-state index in [1.165, 1.54) is 0 Å². The van der Waals surface area contributed by atoms with E-state index in [4.69, 9.17) is 5.73 Å². The number of hydrogen-bond donors (Lipinski definition) is 2. The van der Waals surface area contributed by atoms with Gasteiger partial charge in [0.15, 0.2) is 0 Å². The van der Waals surface area contributed by atoms with E-state index in [2.05, 4.69) is 15.3 Å². The normalized spacial score (nSPS) is 23.1. The Kier molecular flexibility index (Phi) is 2.53. The average molecular weight is 229 g/mol. The third-order valence-corrected chi connectivity index (χ3v) is 3.06. The van der Waals surface area contributed by atoms with Crippen molar-refractivity contribution in [2.24, 2.45) is 5.73 Å². The minimum absolute atomic E-state index is 0.366. The molecule has 1 fully saturated rings. The van der Waals surface area contributed by atoms with Crippen molar-refractivity contribution in [2.45, 2.75) is 24.9 Å². The molecule has 5 heteroatoms. The Balaban J connectivity index is 1.68. The molecule has 0 unspecified atom stereocenters. The molecule has 17 heavy (non-hydrogen) atoms. The van der Waals surface area contributed by atoms with Gasteiger partial charge in [-0.1, -0.05) is 0 Å². The lowest BCUT2D eigenvalue weighted by Gasteiger charge is -2.33. The van der Waals surface area contributed by atoms with Crippen LogP contribution in [0.4, 0.5) is 5.69 Å². The number of nitrogens with zero attached hydrogens (tertiary/aromatic N) is 3. The molecule has 1 saturated carbocycles. The van der Waals surface area contributed by atoms with Crippen molar-refractivity contribution in [3.8, 4) is 5.82 Å². The number of rotatable bonds is 3. The lowest BCUT2D eigenvalue weighted by atomic mass is 9.87. The molecular weight excluding hydrogens is 214 g/mol. The minimum Gasteiger partial charge on any atom is -0.381 e. The highest BCUT2D eigenvalue weighted by molar-refractivity contribution is 5.45. The molecule has 5 nitrogen and oxygen atoms in total. The topological polar surface area (TPSA) is 68.8 Å². The van der Waals surface area contributed by atoms with E-state index in [-0.39, 0.29) is 0 Å². The molecule has 3 rings (SSSR count). The molecule has 0 radical (unpaired) electrons. The fourth-order valence-electron chi connectivity index (χ4n) is 2.03. The Morgan fingerprint density at radius 2 is 2.24 bits per heavy atom. The van der Waals surface area contributed by atoms with E-state index in [0.29, 0.717) is 12.1 Å². The van der Waals surface area contributed by atoms with Crippen LogP contribution in [0, 0.1) is 0 Å². The summed E-state index contributed by atoms with van der Waals surface area (Å²) in [7, 11) is 0. The number of anilines is 1. The molecule has 88 valence electrons. The molecular formula is C12H15N5. The Morgan fingerprint density at radius 3 is 2.82 bits per heavy atom. The first-order chi connectivity index (χ1) is 8.31. The monoisotopic (exact) mass is 229 g/mol. The lowest BCUT2D eigenvalue weighted by Crippen LogP contribution is -2.44. The molecule has 3 N–H and O–H groups in total. The van der Waals surface area contributed by atoms with Crippen molar-refractivity contribution in [3.05, 3.63) is 37.1 Å². The first-order valence-electron chi connectivity index (χ1n) is 5.78. The van der Waals surface area contributed by atoms with Crippen LogP contribution < -0.4 is 11.1 Å². The molecule has 0 saturated heterocycles. The number of nitrogens with two attached hydrogens (primary N) is 1. The van der Waals surface area contributed by atoms with Crippen LogP contribution in [-0.2, 0) is 0 Å². The van der Waals surface area contributed by atoms with Gasteiger partial charge in [0.25, 0.3) is 0 Å². The summed E-state index contributed by atoms with van der Waals surface area (Å²) >= 11 is 0. The van der Waals surface area contributed by atoms with E-state index >= 15 is 0 Å². The van der Waals surface area contributed by atoms with Crippen molar-refractivity contribution in [1.82, 2.24) is 14.5 Å². The van der Waals surface area contributed by atoms with E-state index in [1.807, 2.05) is 29.1 Å². The van der Waals surface area contributed by atoms with Gasteiger partial charge < -0.3 is 11.1 Å². The Labute approximate surface area is 99.7 Å². The van der Waals surface area contributed by atoms with Gasteiger partial charge in [0.1, 0.15) is 12.1 Å². The second-order valence-electron chi connectivity index (χ2n) is 4.45. The minimum atomic E-state index is 0.366. The Bertz CT molecular complexity index is 470. The SMILES string of the molecule is NC1CC(Nc2ccc(-n3ccnc3)nc2)C1. The van der Waals surface area contributed by atoms with Crippen LogP contribution in [0.2, 0.25) is 0 Å². The summed E-state index contributed by atoms with van der Waals surface area (Å²) in [5.41, 5.74) is 6.79. The molecule has 0 amide bonds.